The number of aromatic carboxylic acids is 1. The molecule has 1 heterocycles. The molecule has 0 atom stereocenters. The molecule has 1 aromatic heterocycles. The van der Waals surface area contributed by atoms with Crippen LogP contribution in [0.1, 0.15) is 27.9 Å². The fourth-order valence-electron chi connectivity index (χ4n) is 1.87. The van der Waals surface area contributed by atoms with Gasteiger partial charge in [0.2, 0.25) is 0 Å². The maximum absolute atomic E-state index is 12.0. The topological polar surface area (TPSA) is 62.5 Å². The van der Waals surface area contributed by atoms with E-state index in [1.807, 2.05) is 25.9 Å². The van der Waals surface area contributed by atoms with Crippen molar-refractivity contribution in [1.29, 1.82) is 0 Å². The SMILES string of the molecule is Cc1cn(CCCN(C)C)c(=O)c(C(=O)O)c1C. The van der Waals surface area contributed by atoms with Crippen LogP contribution in [0.3, 0.4) is 0 Å². The summed E-state index contributed by atoms with van der Waals surface area (Å²) in [4.78, 5) is 25.2. The first-order valence-electron chi connectivity index (χ1n) is 5.93. The lowest BCUT2D eigenvalue weighted by Gasteiger charge is -2.13. The second-order valence-corrected chi connectivity index (χ2v) is 4.77. The summed E-state index contributed by atoms with van der Waals surface area (Å²) in [5.74, 6) is -1.15. The van der Waals surface area contributed by atoms with Crippen LogP contribution < -0.4 is 5.56 Å². The van der Waals surface area contributed by atoms with Gasteiger partial charge < -0.3 is 14.6 Å². The number of carboxylic acid groups (broad SMARTS) is 1. The standard InChI is InChI=1S/C13H20N2O3/c1-9-8-15(7-5-6-14(3)4)12(16)11(10(9)2)13(17)18/h8H,5-7H2,1-4H3,(H,17,18). The molecule has 18 heavy (non-hydrogen) atoms. The number of nitrogens with zero attached hydrogens (tertiary/aromatic N) is 2. The maximum Gasteiger partial charge on any atom is 0.341 e. The predicted molar refractivity (Wildman–Crippen MR) is 70.3 cm³/mol. The first-order chi connectivity index (χ1) is 8.34. The smallest absolute Gasteiger partial charge is 0.341 e. The Balaban J connectivity index is 3.07. The van der Waals surface area contributed by atoms with Crippen molar-refractivity contribution in [3.8, 4) is 0 Å². The van der Waals surface area contributed by atoms with Crippen LogP contribution in [0.2, 0.25) is 0 Å². The third-order valence-electron chi connectivity index (χ3n) is 3.01. The van der Waals surface area contributed by atoms with E-state index in [0.29, 0.717) is 12.1 Å². The molecule has 1 N–H and O–H groups in total. The Labute approximate surface area is 107 Å². The van der Waals surface area contributed by atoms with E-state index in [2.05, 4.69) is 0 Å². The molecule has 5 heteroatoms. The molecule has 0 unspecified atom stereocenters. The van der Waals surface area contributed by atoms with E-state index in [1.54, 1.807) is 13.1 Å². The van der Waals surface area contributed by atoms with Gasteiger partial charge in [0, 0.05) is 12.7 Å². The quantitative estimate of drug-likeness (QED) is 0.853. The molecule has 0 spiro atoms. The Hall–Kier alpha value is -1.62. The van der Waals surface area contributed by atoms with Crippen LogP contribution in [0.15, 0.2) is 11.0 Å². The highest BCUT2D eigenvalue weighted by Crippen LogP contribution is 2.09. The van der Waals surface area contributed by atoms with Gasteiger partial charge in [-0.25, -0.2) is 4.79 Å². The second-order valence-electron chi connectivity index (χ2n) is 4.77. The van der Waals surface area contributed by atoms with Crippen molar-refractivity contribution in [1.82, 2.24) is 9.47 Å². The molecule has 0 aliphatic carbocycles. The zero-order valence-electron chi connectivity index (χ0n) is 11.4. The molecule has 0 fully saturated rings. The van der Waals surface area contributed by atoms with Gasteiger partial charge in [-0.15, -0.1) is 0 Å². The van der Waals surface area contributed by atoms with Gasteiger partial charge in [-0.2, -0.15) is 0 Å². The summed E-state index contributed by atoms with van der Waals surface area (Å²) in [6, 6.07) is 0. The molecule has 0 radical (unpaired) electrons. The molecule has 5 nitrogen and oxygen atoms in total. The van der Waals surface area contributed by atoms with Crippen LogP contribution in [0, 0.1) is 13.8 Å². The molecular weight excluding hydrogens is 232 g/mol. The Morgan fingerprint density at radius 3 is 2.50 bits per heavy atom. The van der Waals surface area contributed by atoms with Gasteiger partial charge in [-0.1, -0.05) is 0 Å². The highest BCUT2D eigenvalue weighted by atomic mass is 16.4. The van der Waals surface area contributed by atoms with E-state index in [4.69, 9.17) is 5.11 Å². The largest absolute Gasteiger partial charge is 0.477 e. The van der Waals surface area contributed by atoms with Crippen LogP contribution in [-0.4, -0.2) is 41.2 Å². The number of carboxylic acids is 1. The molecule has 0 aromatic carbocycles. The average molecular weight is 252 g/mol. The Kier molecular flexibility index (Phi) is 4.67. The van der Waals surface area contributed by atoms with Crippen molar-refractivity contribution in [2.75, 3.05) is 20.6 Å². The minimum Gasteiger partial charge on any atom is -0.477 e. The van der Waals surface area contributed by atoms with Gasteiger partial charge in [0.05, 0.1) is 0 Å². The van der Waals surface area contributed by atoms with Gasteiger partial charge in [-0.05, 0) is 52.0 Å². The minimum atomic E-state index is -1.15. The van der Waals surface area contributed by atoms with Crippen LogP contribution in [0.5, 0.6) is 0 Å². The van der Waals surface area contributed by atoms with Crippen LogP contribution >= 0.6 is 0 Å². The zero-order valence-corrected chi connectivity index (χ0v) is 11.4. The maximum atomic E-state index is 12.0. The van der Waals surface area contributed by atoms with Crippen LogP contribution in [-0.2, 0) is 6.54 Å². The molecule has 0 saturated heterocycles. The summed E-state index contributed by atoms with van der Waals surface area (Å²) in [5, 5.41) is 9.09. The average Bonchev–Trinajstić information content (AvgIpc) is 2.24. The third-order valence-corrected chi connectivity index (χ3v) is 3.01. The highest BCUT2D eigenvalue weighted by Gasteiger charge is 2.16. The van der Waals surface area contributed by atoms with Crippen LogP contribution in [0.25, 0.3) is 0 Å². The van der Waals surface area contributed by atoms with E-state index < -0.39 is 11.5 Å². The zero-order chi connectivity index (χ0) is 13.9. The number of hydrogen-bond acceptors (Lipinski definition) is 3. The van der Waals surface area contributed by atoms with Gasteiger partial charge >= 0.3 is 5.97 Å². The summed E-state index contributed by atoms with van der Waals surface area (Å²) in [6.45, 7) is 4.90. The lowest BCUT2D eigenvalue weighted by Crippen LogP contribution is -2.29. The van der Waals surface area contributed by atoms with Crippen LogP contribution in [0.4, 0.5) is 0 Å². The molecule has 0 saturated carbocycles. The monoisotopic (exact) mass is 252 g/mol. The highest BCUT2D eigenvalue weighted by molar-refractivity contribution is 5.89. The van der Waals surface area contributed by atoms with E-state index in [-0.39, 0.29) is 5.56 Å². The third kappa shape index (κ3) is 3.20. The fraction of sp³-hybridized carbons (Fsp3) is 0.538. The molecule has 0 aliphatic heterocycles. The molecular formula is C13H20N2O3. The van der Waals surface area contributed by atoms with Gasteiger partial charge in [-0.3, -0.25) is 4.79 Å². The normalized spacial score (nSPS) is 10.9. The van der Waals surface area contributed by atoms with E-state index in [1.165, 1.54) is 4.57 Å². The summed E-state index contributed by atoms with van der Waals surface area (Å²) in [6.07, 6.45) is 2.55. The van der Waals surface area contributed by atoms with Gasteiger partial charge in [0.15, 0.2) is 0 Å². The molecule has 0 bridgehead atoms. The molecule has 0 aliphatic rings. The Bertz CT molecular complexity index is 504. The summed E-state index contributed by atoms with van der Waals surface area (Å²) >= 11 is 0. The first kappa shape index (κ1) is 14.4. The fourth-order valence-corrected chi connectivity index (χ4v) is 1.87. The van der Waals surface area contributed by atoms with E-state index >= 15 is 0 Å². The van der Waals surface area contributed by atoms with Gasteiger partial charge in [0.25, 0.3) is 5.56 Å². The number of aryl methyl sites for hydroxylation is 2. The first-order valence-corrected chi connectivity index (χ1v) is 5.93. The lowest BCUT2D eigenvalue weighted by atomic mass is 10.1. The molecule has 100 valence electrons. The van der Waals surface area contributed by atoms with Gasteiger partial charge in [0.1, 0.15) is 5.56 Å². The summed E-state index contributed by atoms with van der Waals surface area (Å²) in [5.41, 5.74) is 0.859. The van der Waals surface area contributed by atoms with Crippen molar-refractivity contribution < 1.29 is 9.90 Å². The van der Waals surface area contributed by atoms with E-state index in [0.717, 1.165) is 18.5 Å². The number of rotatable bonds is 5. The summed E-state index contributed by atoms with van der Waals surface area (Å²) < 4.78 is 1.50. The summed E-state index contributed by atoms with van der Waals surface area (Å²) in [7, 11) is 3.93. The minimum absolute atomic E-state index is 0.111. The number of aromatic nitrogens is 1. The predicted octanol–water partition coefficient (Wildman–Crippen LogP) is 1.12. The van der Waals surface area contributed by atoms with Crippen molar-refractivity contribution in [3.05, 3.63) is 33.2 Å². The number of pyridine rings is 1. The van der Waals surface area contributed by atoms with Crippen molar-refractivity contribution in [2.24, 2.45) is 0 Å². The number of hydrogen-bond donors (Lipinski definition) is 1. The van der Waals surface area contributed by atoms with Crippen molar-refractivity contribution in [3.63, 3.8) is 0 Å². The van der Waals surface area contributed by atoms with E-state index in [9.17, 15) is 9.59 Å². The number of carbonyl (C=O) groups is 1. The lowest BCUT2D eigenvalue weighted by molar-refractivity contribution is 0.0693. The van der Waals surface area contributed by atoms with Crippen molar-refractivity contribution in [2.45, 2.75) is 26.8 Å². The molecule has 1 aromatic rings. The molecule has 0 amide bonds. The Morgan fingerprint density at radius 1 is 1.39 bits per heavy atom. The molecule has 1 rings (SSSR count). The second kappa shape index (κ2) is 5.82. The Morgan fingerprint density at radius 2 is 2.00 bits per heavy atom. The van der Waals surface area contributed by atoms with Crippen molar-refractivity contribution >= 4 is 5.97 Å².